The number of aryl methyl sites for hydroxylation is 2. The van der Waals surface area contributed by atoms with Crippen molar-refractivity contribution in [3.05, 3.63) is 58.4 Å². The van der Waals surface area contributed by atoms with Gasteiger partial charge in [0.25, 0.3) is 0 Å². The highest BCUT2D eigenvalue weighted by Gasteiger charge is 2.15. The summed E-state index contributed by atoms with van der Waals surface area (Å²) in [7, 11) is 0. The van der Waals surface area contributed by atoms with Gasteiger partial charge in [0, 0.05) is 17.3 Å². The van der Waals surface area contributed by atoms with Crippen molar-refractivity contribution < 1.29 is 14.7 Å². The van der Waals surface area contributed by atoms with Crippen LogP contribution in [0, 0.1) is 13.8 Å². The van der Waals surface area contributed by atoms with Crippen LogP contribution < -0.4 is 0 Å². The topological polar surface area (TPSA) is 70.2 Å². The predicted octanol–water partition coefficient (Wildman–Crippen LogP) is 2.56. The van der Waals surface area contributed by atoms with Crippen molar-refractivity contribution in [1.29, 1.82) is 0 Å². The van der Waals surface area contributed by atoms with Gasteiger partial charge in [-0.1, -0.05) is 23.8 Å². The van der Waals surface area contributed by atoms with Gasteiger partial charge in [-0.3, -0.25) is 4.79 Å². The quantitative estimate of drug-likeness (QED) is 0.814. The van der Waals surface area contributed by atoms with Crippen LogP contribution in [-0.2, 0) is 0 Å². The van der Waals surface area contributed by atoms with Crippen LogP contribution in [0.1, 0.15) is 37.5 Å². The van der Waals surface area contributed by atoms with E-state index in [2.05, 4.69) is 4.98 Å². The Bertz CT molecular complexity index is 626. The van der Waals surface area contributed by atoms with Crippen molar-refractivity contribution in [2.24, 2.45) is 0 Å². The number of ketones is 1. The van der Waals surface area contributed by atoms with Crippen molar-refractivity contribution in [3.8, 4) is 0 Å². The SMILES string of the molecule is Cc1ccc(C(=O)c2c[nH]c(C(=O)O)c2)c(C)c1. The Morgan fingerprint density at radius 2 is 1.89 bits per heavy atom. The van der Waals surface area contributed by atoms with Crippen LogP contribution in [-0.4, -0.2) is 21.8 Å². The normalized spacial score (nSPS) is 10.3. The zero-order valence-electron chi connectivity index (χ0n) is 10.2. The zero-order chi connectivity index (χ0) is 13.3. The highest BCUT2D eigenvalue weighted by molar-refractivity contribution is 6.10. The molecule has 0 radical (unpaired) electrons. The fourth-order valence-corrected chi connectivity index (χ4v) is 1.87. The molecule has 0 aliphatic heterocycles. The van der Waals surface area contributed by atoms with Gasteiger partial charge in [0.05, 0.1) is 0 Å². The van der Waals surface area contributed by atoms with Gasteiger partial charge >= 0.3 is 5.97 Å². The van der Waals surface area contributed by atoms with Crippen LogP contribution in [0.15, 0.2) is 30.5 Å². The van der Waals surface area contributed by atoms with Crippen molar-refractivity contribution in [2.45, 2.75) is 13.8 Å². The number of H-pyrrole nitrogens is 1. The third-order valence-electron chi connectivity index (χ3n) is 2.80. The van der Waals surface area contributed by atoms with Gasteiger partial charge < -0.3 is 10.1 Å². The highest BCUT2D eigenvalue weighted by atomic mass is 16.4. The minimum Gasteiger partial charge on any atom is -0.477 e. The molecule has 0 spiro atoms. The first-order valence-corrected chi connectivity index (χ1v) is 5.52. The Morgan fingerprint density at radius 1 is 1.17 bits per heavy atom. The molecule has 1 aromatic carbocycles. The lowest BCUT2D eigenvalue weighted by molar-refractivity contribution is 0.0691. The molecule has 1 heterocycles. The van der Waals surface area contributed by atoms with E-state index in [1.807, 2.05) is 26.0 Å². The number of rotatable bonds is 3. The minimum atomic E-state index is -1.07. The summed E-state index contributed by atoms with van der Waals surface area (Å²) in [6.45, 7) is 3.82. The molecule has 18 heavy (non-hydrogen) atoms. The molecule has 0 amide bonds. The van der Waals surface area contributed by atoms with Crippen molar-refractivity contribution in [3.63, 3.8) is 0 Å². The lowest BCUT2D eigenvalue weighted by atomic mass is 9.99. The second kappa shape index (κ2) is 4.49. The standard InChI is InChI=1S/C14H13NO3/c1-8-3-4-11(9(2)5-8)13(16)10-6-12(14(17)18)15-7-10/h3-7,15H,1-2H3,(H,17,18). The summed E-state index contributed by atoms with van der Waals surface area (Å²) in [5.41, 5.74) is 2.95. The molecule has 2 rings (SSSR count). The largest absolute Gasteiger partial charge is 0.477 e. The second-order valence-corrected chi connectivity index (χ2v) is 4.25. The summed E-state index contributed by atoms with van der Waals surface area (Å²) < 4.78 is 0. The number of aromatic nitrogens is 1. The maximum atomic E-state index is 12.2. The van der Waals surface area contributed by atoms with Crippen molar-refractivity contribution >= 4 is 11.8 Å². The first-order valence-electron chi connectivity index (χ1n) is 5.52. The van der Waals surface area contributed by atoms with E-state index in [4.69, 9.17) is 5.11 Å². The van der Waals surface area contributed by atoms with Gasteiger partial charge in [0.1, 0.15) is 5.69 Å². The maximum absolute atomic E-state index is 12.2. The number of benzene rings is 1. The summed E-state index contributed by atoms with van der Waals surface area (Å²) in [5.74, 6) is -1.24. The Morgan fingerprint density at radius 3 is 2.44 bits per heavy atom. The fraction of sp³-hybridized carbons (Fsp3) is 0.143. The Balaban J connectivity index is 2.38. The molecule has 0 unspecified atom stereocenters. The molecule has 0 saturated carbocycles. The monoisotopic (exact) mass is 243 g/mol. The number of aromatic carboxylic acids is 1. The number of nitrogens with one attached hydrogen (secondary N) is 1. The van der Waals surface area contributed by atoms with E-state index >= 15 is 0 Å². The van der Waals surface area contributed by atoms with E-state index in [1.165, 1.54) is 12.3 Å². The Hall–Kier alpha value is -2.36. The average molecular weight is 243 g/mol. The first-order chi connectivity index (χ1) is 8.49. The van der Waals surface area contributed by atoms with Crippen LogP contribution in [0.3, 0.4) is 0 Å². The third kappa shape index (κ3) is 2.18. The number of hydrogen-bond acceptors (Lipinski definition) is 2. The van der Waals surface area contributed by atoms with Gasteiger partial charge in [-0.25, -0.2) is 4.79 Å². The summed E-state index contributed by atoms with van der Waals surface area (Å²) in [4.78, 5) is 25.5. The number of carboxylic acids is 1. The van der Waals surface area contributed by atoms with Crippen molar-refractivity contribution in [2.75, 3.05) is 0 Å². The van der Waals surface area contributed by atoms with Crippen LogP contribution in [0.4, 0.5) is 0 Å². The summed E-state index contributed by atoms with van der Waals surface area (Å²) >= 11 is 0. The summed E-state index contributed by atoms with van der Waals surface area (Å²) in [6, 6.07) is 6.91. The first kappa shape index (κ1) is 12.1. The summed E-state index contributed by atoms with van der Waals surface area (Å²) in [6.07, 6.45) is 1.42. The molecule has 92 valence electrons. The maximum Gasteiger partial charge on any atom is 0.352 e. The van der Waals surface area contributed by atoms with Crippen LogP contribution in [0.5, 0.6) is 0 Å². The van der Waals surface area contributed by atoms with Crippen LogP contribution in [0.25, 0.3) is 0 Å². The Labute approximate surface area is 104 Å². The van der Waals surface area contributed by atoms with Crippen LogP contribution >= 0.6 is 0 Å². The summed E-state index contributed by atoms with van der Waals surface area (Å²) in [5, 5.41) is 8.80. The number of hydrogen-bond donors (Lipinski definition) is 2. The van der Waals surface area contributed by atoms with E-state index < -0.39 is 5.97 Å². The van der Waals surface area contributed by atoms with E-state index in [9.17, 15) is 9.59 Å². The molecule has 2 N–H and O–H groups in total. The average Bonchev–Trinajstić information content (AvgIpc) is 2.77. The van der Waals surface area contributed by atoms with Gasteiger partial charge in [-0.15, -0.1) is 0 Å². The number of carboxylic acid groups (broad SMARTS) is 1. The van der Waals surface area contributed by atoms with Crippen molar-refractivity contribution in [1.82, 2.24) is 4.98 Å². The Kier molecular flexibility index (Phi) is 3.02. The van der Waals surface area contributed by atoms with Crippen LogP contribution in [0.2, 0.25) is 0 Å². The minimum absolute atomic E-state index is 0.0168. The van der Waals surface area contributed by atoms with Gasteiger partial charge in [0.15, 0.2) is 5.78 Å². The zero-order valence-corrected chi connectivity index (χ0v) is 10.2. The predicted molar refractivity (Wildman–Crippen MR) is 67.1 cm³/mol. The fourth-order valence-electron chi connectivity index (χ4n) is 1.87. The molecule has 2 aromatic rings. The van der Waals surface area contributed by atoms with E-state index in [0.717, 1.165) is 11.1 Å². The lowest BCUT2D eigenvalue weighted by Gasteiger charge is -2.04. The lowest BCUT2D eigenvalue weighted by Crippen LogP contribution is -2.03. The molecular weight excluding hydrogens is 230 g/mol. The number of carbonyl (C=O) groups excluding carboxylic acids is 1. The molecule has 0 saturated heterocycles. The number of aromatic amines is 1. The molecule has 4 heteroatoms. The highest BCUT2D eigenvalue weighted by Crippen LogP contribution is 2.16. The molecule has 4 nitrogen and oxygen atoms in total. The smallest absolute Gasteiger partial charge is 0.352 e. The van der Waals surface area contributed by atoms with Gasteiger partial charge in [0.2, 0.25) is 0 Å². The molecule has 0 fully saturated rings. The van der Waals surface area contributed by atoms with E-state index in [1.54, 1.807) is 6.07 Å². The molecule has 0 atom stereocenters. The molecule has 1 aromatic heterocycles. The molecular formula is C14H13NO3. The second-order valence-electron chi connectivity index (χ2n) is 4.25. The number of carbonyl (C=O) groups is 2. The molecule has 0 aliphatic carbocycles. The van der Waals surface area contributed by atoms with Gasteiger partial charge in [-0.2, -0.15) is 0 Å². The van der Waals surface area contributed by atoms with E-state index in [-0.39, 0.29) is 11.5 Å². The molecule has 0 bridgehead atoms. The third-order valence-corrected chi connectivity index (χ3v) is 2.80. The van der Waals surface area contributed by atoms with Gasteiger partial charge in [-0.05, 0) is 25.5 Å². The van der Waals surface area contributed by atoms with E-state index in [0.29, 0.717) is 11.1 Å². The molecule has 0 aliphatic rings.